The van der Waals surface area contributed by atoms with Crippen molar-refractivity contribution in [2.75, 3.05) is 13.6 Å². The monoisotopic (exact) mass is 228 g/mol. The van der Waals surface area contributed by atoms with E-state index in [2.05, 4.69) is 22.1 Å². The maximum absolute atomic E-state index is 12.5. The number of nitrogens with zero attached hydrogens (tertiary/aromatic N) is 1. The van der Waals surface area contributed by atoms with Gasteiger partial charge in [-0.3, -0.25) is 4.98 Å². The zero-order chi connectivity index (χ0) is 12.0. The van der Waals surface area contributed by atoms with Crippen LogP contribution in [0, 0.1) is 11.8 Å². The van der Waals surface area contributed by atoms with E-state index in [1.807, 2.05) is 0 Å². The van der Waals surface area contributed by atoms with E-state index >= 15 is 0 Å². The Bertz CT molecular complexity index is 402. The lowest BCUT2D eigenvalue weighted by Crippen LogP contribution is -2.08. The van der Waals surface area contributed by atoms with Gasteiger partial charge in [-0.25, -0.2) is 0 Å². The number of hydrogen-bond donors (Lipinski definition) is 1. The predicted molar refractivity (Wildman–Crippen MR) is 54.7 cm³/mol. The number of aromatic nitrogens is 1. The molecule has 0 radical (unpaired) electrons. The zero-order valence-corrected chi connectivity index (χ0v) is 8.73. The van der Waals surface area contributed by atoms with Gasteiger partial charge in [-0.15, -0.1) is 0 Å². The normalized spacial score (nSPS) is 10.8. The van der Waals surface area contributed by atoms with E-state index in [1.54, 1.807) is 7.05 Å². The van der Waals surface area contributed by atoms with E-state index in [-0.39, 0.29) is 5.56 Å². The molecule has 1 N–H and O–H groups in total. The van der Waals surface area contributed by atoms with Crippen LogP contribution in [0.25, 0.3) is 0 Å². The molecule has 0 spiro atoms. The van der Waals surface area contributed by atoms with Crippen LogP contribution in [0.1, 0.15) is 17.5 Å². The second-order valence-corrected chi connectivity index (χ2v) is 3.07. The SMILES string of the molecule is CNCCC#Cc1cnccc1C(F)(F)F. The average molecular weight is 228 g/mol. The minimum absolute atomic E-state index is 0.0777. The third kappa shape index (κ3) is 3.55. The van der Waals surface area contributed by atoms with Crippen molar-refractivity contribution in [2.45, 2.75) is 12.6 Å². The molecule has 1 rings (SSSR count). The largest absolute Gasteiger partial charge is 0.417 e. The van der Waals surface area contributed by atoms with Crippen molar-refractivity contribution < 1.29 is 13.2 Å². The van der Waals surface area contributed by atoms with Gasteiger partial charge in [0.05, 0.1) is 11.1 Å². The van der Waals surface area contributed by atoms with Crippen molar-refractivity contribution in [3.8, 4) is 11.8 Å². The van der Waals surface area contributed by atoms with Gasteiger partial charge in [0, 0.05) is 25.4 Å². The third-order valence-electron chi connectivity index (χ3n) is 1.85. The van der Waals surface area contributed by atoms with E-state index in [4.69, 9.17) is 0 Å². The second-order valence-electron chi connectivity index (χ2n) is 3.07. The molecule has 16 heavy (non-hydrogen) atoms. The van der Waals surface area contributed by atoms with Gasteiger partial charge in [0.25, 0.3) is 0 Å². The lowest BCUT2D eigenvalue weighted by Gasteiger charge is -2.07. The molecular weight excluding hydrogens is 217 g/mol. The van der Waals surface area contributed by atoms with Crippen molar-refractivity contribution >= 4 is 0 Å². The summed E-state index contributed by atoms with van der Waals surface area (Å²) in [5, 5.41) is 2.86. The predicted octanol–water partition coefficient (Wildman–Crippen LogP) is 2.06. The minimum atomic E-state index is -4.38. The number of nitrogens with one attached hydrogen (secondary N) is 1. The average Bonchev–Trinajstić information content (AvgIpc) is 2.24. The first-order valence-corrected chi connectivity index (χ1v) is 4.70. The molecule has 0 amide bonds. The molecule has 5 heteroatoms. The van der Waals surface area contributed by atoms with Crippen LogP contribution in [0.5, 0.6) is 0 Å². The highest BCUT2D eigenvalue weighted by Crippen LogP contribution is 2.30. The van der Waals surface area contributed by atoms with Gasteiger partial charge in [0.2, 0.25) is 0 Å². The first kappa shape index (κ1) is 12.5. The molecule has 0 unspecified atom stereocenters. The topological polar surface area (TPSA) is 24.9 Å². The van der Waals surface area contributed by atoms with E-state index in [0.29, 0.717) is 13.0 Å². The van der Waals surface area contributed by atoms with Gasteiger partial charge >= 0.3 is 6.18 Å². The Hall–Kier alpha value is -1.54. The summed E-state index contributed by atoms with van der Waals surface area (Å²) in [4.78, 5) is 3.64. The molecule has 0 saturated heterocycles. The highest BCUT2D eigenvalue weighted by molar-refractivity contribution is 5.40. The summed E-state index contributed by atoms with van der Waals surface area (Å²) in [6.45, 7) is 0.647. The summed E-state index contributed by atoms with van der Waals surface area (Å²) in [7, 11) is 1.76. The van der Waals surface area contributed by atoms with Crippen molar-refractivity contribution in [3.63, 3.8) is 0 Å². The van der Waals surface area contributed by atoms with Crippen LogP contribution >= 0.6 is 0 Å². The molecule has 0 aromatic carbocycles. The van der Waals surface area contributed by atoms with Gasteiger partial charge in [0.15, 0.2) is 0 Å². The second kappa shape index (κ2) is 5.52. The number of pyridine rings is 1. The molecule has 0 atom stereocenters. The van der Waals surface area contributed by atoms with Gasteiger partial charge in [-0.1, -0.05) is 11.8 Å². The Morgan fingerprint density at radius 1 is 1.44 bits per heavy atom. The molecule has 1 aromatic heterocycles. The molecule has 0 aliphatic heterocycles. The Kier molecular flexibility index (Phi) is 4.32. The summed E-state index contributed by atoms with van der Waals surface area (Å²) >= 11 is 0. The van der Waals surface area contributed by atoms with Crippen LogP contribution < -0.4 is 5.32 Å². The van der Waals surface area contributed by atoms with Crippen LogP contribution in [0.2, 0.25) is 0 Å². The summed E-state index contributed by atoms with van der Waals surface area (Å²) < 4.78 is 37.5. The fraction of sp³-hybridized carbons (Fsp3) is 0.364. The Labute approximate surface area is 91.9 Å². The highest BCUT2D eigenvalue weighted by atomic mass is 19.4. The lowest BCUT2D eigenvalue weighted by atomic mass is 10.1. The number of alkyl halides is 3. The molecule has 0 aliphatic rings. The maximum atomic E-state index is 12.5. The van der Waals surface area contributed by atoms with Crippen LogP contribution in [0.4, 0.5) is 13.2 Å². The Balaban J connectivity index is 2.90. The van der Waals surface area contributed by atoms with Gasteiger partial charge in [-0.2, -0.15) is 13.2 Å². The van der Waals surface area contributed by atoms with Gasteiger partial charge in [-0.05, 0) is 13.1 Å². The van der Waals surface area contributed by atoms with Crippen molar-refractivity contribution in [2.24, 2.45) is 0 Å². The van der Waals surface area contributed by atoms with Crippen LogP contribution in [-0.4, -0.2) is 18.6 Å². The minimum Gasteiger partial charge on any atom is -0.319 e. The molecule has 0 saturated carbocycles. The molecule has 86 valence electrons. The third-order valence-corrected chi connectivity index (χ3v) is 1.85. The molecule has 1 aromatic rings. The molecule has 0 aliphatic carbocycles. The number of rotatable bonds is 2. The van der Waals surface area contributed by atoms with Crippen LogP contribution in [0.3, 0.4) is 0 Å². The molecule has 2 nitrogen and oxygen atoms in total. The van der Waals surface area contributed by atoms with Crippen molar-refractivity contribution in [1.82, 2.24) is 10.3 Å². The van der Waals surface area contributed by atoms with Crippen LogP contribution in [0.15, 0.2) is 18.5 Å². The summed E-state index contributed by atoms with van der Waals surface area (Å²) in [5.74, 6) is 5.14. The number of hydrogen-bond acceptors (Lipinski definition) is 2. The van der Waals surface area contributed by atoms with Gasteiger partial charge < -0.3 is 5.32 Å². The molecule has 0 bridgehead atoms. The fourth-order valence-corrected chi connectivity index (χ4v) is 1.09. The number of halogens is 3. The zero-order valence-electron chi connectivity index (χ0n) is 8.73. The highest BCUT2D eigenvalue weighted by Gasteiger charge is 2.32. The summed E-state index contributed by atoms with van der Waals surface area (Å²) in [5.41, 5.74) is -0.814. The van der Waals surface area contributed by atoms with Crippen LogP contribution in [-0.2, 0) is 6.18 Å². The Morgan fingerprint density at radius 2 is 2.19 bits per heavy atom. The van der Waals surface area contributed by atoms with E-state index in [1.165, 1.54) is 0 Å². The van der Waals surface area contributed by atoms with Crippen molar-refractivity contribution in [3.05, 3.63) is 29.6 Å². The Morgan fingerprint density at radius 3 is 2.81 bits per heavy atom. The van der Waals surface area contributed by atoms with E-state index < -0.39 is 11.7 Å². The maximum Gasteiger partial charge on any atom is 0.417 e. The first-order valence-electron chi connectivity index (χ1n) is 4.70. The summed E-state index contributed by atoms with van der Waals surface area (Å²) in [6.07, 6.45) is -1.63. The summed E-state index contributed by atoms with van der Waals surface area (Å²) in [6, 6.07) is 0.933. The molecular formula is C11H11F3N2. The van der Waals surface area contributed by atoms with E-state index in [9.17, 15) is 13.2 Å². The molecule has 1 heterocycles. The first-order chi connectivity index (χ1) is 7.55. The molecule has 0 fully saturated rings. The quantitative estimate of drug-likeness (QED) is 0.619. The lowest BCUT2D eigenvalue weighted by molar-refractivity contribution is -0.137. The van der Waals surface area contributed by atoms with Crippen molar-refractivity contribution in [1.29, 1.82) is 0 Å². The van der Waals surface area contributed by atoms with Gasteiger partial charge in [0.1, 0.15) is 0 Å². The smallest absolute Gasteiger partial charge is 0.319 e. The van der Waals surface area contributed by atoms with E-state index in [0.717, 1.165) is 18.5 Å². The standard InChI is InChI=1S/C11H11F3N2/c1-15-6-3-2-4-9-8-16-7-5-10(9)11(12,13)14/h5,7-8,15H,3,6H2,1H3. The fourth-order valence-electron chi connectivity index (χ4n) is 1.09.